The number of aryl methyl sites for hydroxylation is 2. The third-order valence-corrected chi connectivity index (χ3v) is 4.56. The monoisotopic (exact) mass is 303 g/mol. The first-order valence-corrected chi connectivity index (χ1v) is 8.10. The summed E-state index contributed by atoms with van der Waals surface area (Å²) in [4.78, 5) is 21.6. The van der Waals surface area contributed by atoms with E-state index in [9.17, 15) is 4.79 Å². The molecule has 0 bridgehead atoms. The summed E-state index contributed by atoms with van der Waals surface area (Å²) in [5, 5.41) is 4.08. The number of hydrogen-bond donors (Lipinski definition) is 1. The van der Waals surface area contributed by atoms with Crippen molar-refractivity contribution in [3.8, 4) is 0 Å². The lowest BCUT2D eigenvalue weighted by molar-refractivity contribution is 0.0943. The van der Waals surface area contributed by atoms with Crippen LogP contribution in [0, 0.1) is 6.92 Å². The molecule has 1 N–H and O–H groups in total. The molecule has 1 atom stereocenters. The van der Waals surface area contributed by atoms with Crippen LogP contribution >= 0.6 is 11.3 Å². The van der Waals surface area contributed by atoms with Crippen molar-refractivity contribution in [3.05, 3.63) is 45.7 Å². The average molecular weight is 303 g/mol. The van der Waals surface area contributed by atoms with Crippen molar-refractivity contribution in [1.29, 1.82) is 0 Å². The lowest BCUT2D eigenvalue weighted by Crippen LogP contribution is -2.26. The molecule has 0 saturated heterocycles. The van der Waals surface area contributed by atoms with Crippen LogP contribution in [0.25, 0.3) is 0 Å². The minimum atomic E-state index is -0.0444. The highest BCUT2D eigenvalue weighted by molar-refractivity contribution is 7.13. The molecule has 2 heterocycles. The van der Waals surface area contributed by atoms with Gasteiger partial charge in [-0.25, -0.2) is 4.98 Å². The summed E-state index contributed by atoms with van der Waals surface area (Å²) in [5.41, 5.74) is 1.87. The summed E-state index contributed by atoms with van der Waals surface area (Å²) in [6.07, 6.45) is 6.67. The standard InChI is InChI=1S/C16H21N3OS/c1-4-5-6-14-18-12(3)15(21-14)16(20)19-11(2)13-7-9-17-10-8-13/h7-11H,4-6H2,1-3H3,(H,19,20)/t11-/m0/s1. The Morgan fingerprint density at radius 3 is 2.76 bits per heavy atom. The van der Waals surface area contributed by atoms with E-state index in [-0.39, 0.29) is 11.9 Å². The van der Waals surface area contributed by atoms with Gasteiger partial charge in [-0.15, -0.1) is 11.3 Å². The van der Waals surface area contributed by atoms with Crippen molar-refractivity contribution in [2.75, 3.05) is 0 Å². The first-order chi connectivity index (χ1) is 10.1. The molecule has 5 heteroatoms. The summed E-state index contributed by atoms with van der Waals surface area (Å²) < 4.78 is 0. The number of unbranched alkanes of at least 4 members (excludes halogenated alkanes) is 1. The fourth-order valence-electron chi connectivity index (χ4n) is 2.10. The van der Waals surface area contributed by atoms with Gasteiger partial charge in [-0.3, -0.25) is 9.78 Å². The van der Waals surface area contributed by atoms with Crippen LogP contribution in [0.15, 0.2) is 24.5 Å². The molecular formula is C16H21N3OS. The topological polar surface area (TPSA) is 54.9 Å². The summed E-state index contributed by atoms with van der Waals surface area (Å²) in [5.74, 6) is -0.0444. The summed E-state index contributed by atoms with van der Waals surface area (Å²) in [6.45, 7) is 6.03. The third-order valence-electron chi connectivity index (χ3n) is 3.35. The molecule has 0 spiro atoms. The highest BCUT2D eigenvalue weighted by Crippen LogP contribution is 2.21. The summed E-state index contributed by atoms with van der Waals surface area (Å²) in [7, 11) is 0. The van der Waals surface area contributed by atoms with Gasteiger partial charge in [0.25, 0.3) is 5.91 Å². The first kappa shape index (κ1) is 15.6. The van der Waals surface area contributed by atoms with Gasteiger partial charge in [0.1, 0.15) is 4.88 Å². The van der Waals surface area contributed by atoms with Crippen LogP contribution in [0.2, 0.25) is 0 Å². The number of hydrogen-bond acceptors (Lipinski definition) is 4. The van der Waals surface area contributed by atoms with E-state index in [2.05, 4.69) is 22.2 Å². The fourth-order valence-corrected chi connectivity index (χ4v) is 3.11. The molecule has 0 unspecified atom stereocenters. The van der Waals surface area contributed by atoms with Crippen LogP contribution in [-0.4, -0.2) is 15.9 Å². The van der Waals surface area contributed by atoms with Gasteiger partial charge in [-0.1, -0.05) is 13.3 Å². The van der Waals surface area contributed by atoms with Gasteiger partial charge < -0.3 is 5.32 Å². The predicted molar refractivity (Wildman–Crippen MR) is 85.6 cm³/mol. The first-order valence-electron chi connectivity index (χ1n) is 7.29. The van der Waals surface area contributed by atoms with Crippen molar-refractivity contribution in [2.45, 2.75) is 46.1 Å². The number of nitrogens with one attached hydrogen (secondary N) is 1. The molecular weight excluding hydrogens is 282 g/mol. The Morgan fingerprint density at radius 2 is 2.10 bits per heavy atom. The molecule has 0 saturated carbocycles. The molecule has 1 amide bonds. The number of rotatable bonds is 6. The van der Waals surface area contributed by atoms with E-state index in [1.54, 1.807) is 12.4 Å². The predicted octanol–water partition coefficient (Wildman–Crippen LogP) is 3.68. The van der Waals surface area contributed by atoms with E-state index in [4.69, 9.17) is 0 Å². The smallest absolute Gasteiger partial charge is 0.263 e. The van der Waals surface area contributed by atoms with Crippen LogP contribution in [-0.2, 0) is 6.42 Å². The Morgan fingerprint density at radius 1 is 1.38 bits per heavy atom. The maximum atomic E-state index is 12.4. The summed E-state index contributed by atoms with van der Waals surface area (Å²) in [6, 6.07) is 3.79. The van der Waals surface area contributed by atoms with Crippen molar-refractivity contribution < 1.29 is 4.79 Å². The number of carbonyl (C=O) groups excluding carboxylic acids is 1. The van der Waals surface area contributed by atoms with E-state index >= 15 is 0 Å². The second kappa shape index (κ2) is 7.31. The molecule has 2 aromatic heterocycles. The Bertz CT molecular complexity index is 595. The second-order valence-corrected chi connectivity index (χ2v) is 6.19. The Kier molecular flexibility index (Phi) is 5.44. The lowest BCUT2D eigenvalue weighted by Gasteiger charge is -2.13. The van der Waals surface area contributed by atoms with E-state index in [1.165, 1.54) is 11.3 Å². The molecule has 0 aliphatic rings. The normalized spacial score (nSPS) is 12.1. The maximum Gasteiger partial charge on any atom is 0.263 e. The largest absolute Gasteiger partial charge is 0.345 e. The van der Waals surface area contributed by atoms with Gasteiger partial charge >= 0.3 is 0 Å². The zero-order valence-electron chi connectivity index (χ0n) is 12.7. The van der Waals surface area contributed by atoms with Gasteiger partial charge in [-0.05, 0) is 44.4 Å². The van der Waals surface area contributed by atoms with E-state index in [0.717, 1.165) is 40.4 Å². The minimum absolute atomic E-state index is 0.0407. The van der Waals surface area contributed by atoms with Crippen molar-refractivity contribution >= 4 is 17.2 Å². The SMILES string of the molecule is CCCCc1nc(C)c(C(=O)N[C@@H](C)c2ccncc2)s1. The molecule has 0 aromatic carbocycles. The highest BCUT2D eigenvalue weighted by Gasteiger charge is 2.17. The minimum Gasteiger partial charge on any atom is -0.345 e. The Balaban J connectivity index is 2.05. The lowest BCUT2D eigenvalue weighted by atomic mass is 10.1. The van der Waals surface area contributed by atoms with Crippen LogP contribution in [0.4, 0.5) is 0 Å². The molecule has 21 heavy (non-hydrogen) atoms. The molecule has 0 radical (unpaired) electrons. The van der Waals surface area contributed by atoms with Crippen LogP contribution in [0.1, 0.15) is 58.7 Å². The average Bonchev–Trinajstić information content (AvgIpc) is 2.87. The molecule has 112 valence electrons. The van der Waals surface area contributed by atoms with Gasteiger partial charge in [0, 0.05) is 12.4 Å². The van der Waals surface area contributed by atoms with Gasteiger partial charge in [0.15, 0.2) is 0 Å². The molecule has 2 rings (SSSR count). The van der Waals surface area contributed by atoms with Crippen molar-refractivity contribution in [1.82, 2.24) is 15.3 Å². The van der Waals surface area contributed by atoms with Crippen LogP contribution in [0.5, 0.6) is 0 Å². The van der Waals surface area contributed by atoms with Crippen LogP contribution < -0.4 is 5.32 Å². The Labute approximate surface area is 129 Å². The maximum absolute atomic E-state index is 12.4. The molecule has 2 aromatic rings. The number of thiazole rings is 1. The second-order valence-electron chi connectivity index (χ2n) is 5.10. The number of nitrogens with zero attached hydrogens (tertiary/aromatic N) is 2. The zero-order chi connectivity index (χ0) is 15.2. The number of pyridine rings is 1. The summed E-state index contributed by atoms with van der Waals surface area (Å²) >= 11 is 1.51. The number of amides is 1. The molecule has 4 nitrogen and oxygen atoms in total. The van der Waals surface area contributed by atoms with Crippen molar-refractivity contribution in [2.24, 2.45) is 0 Å². The Hall–Kier alpha value is -1.75. The van der Waals surface area contributed by atoms with E-state index < -0.39 is 0 Å². The van der Waals surface area contributed by atoms with E-state index in [0.29, 0.717) is 0 Å². The van der Waals surface area contributed by atoms with E-state index in [1.807, 2.05) is 26.0 Å². The highest BCUT2D eigenvalue weighted by atomic mass is 32.1. The van der Waals surface area contributed by atoms with Gasteiger partial charge in [-0.2, -0.15) is 0 Å². The molecule has 0 aliphatic carbocycles. The number of aromatic nitrogens is 2. The molecule has 0 fully saturated rings. The number of carbonyl (C=O) groups is 1. The molecule has 0 aliphatic heterocycles. The third kappa shape index (κ3) is 4.11. The van der Waals surface area contributed by atoms with Gasteiger partial charge in [0.05, 0.1) is 16.7 Å². The van der Waals surface area contributed by atoms with Gasteiger partial charge in [0.2, 0.25) is 0 Å². The van der Waals surface area contributed by atoms with Crippen LogP contribution in [0.3, 0.4) is 0 Å². The van der Waals surface area contributed by atoms with Crippen molar-refractivity contribution in [3.63, 3.8) is 0 Å². The fraction of sp³-hybridized carbons (Fsp3) is 0.438. The zero-order valence-corrected chi connectivity index (χ0v) is 13.5. The quantitative estimate of drug-likeness (QED) is 0.885.